The summed E-state index contributed by atoms with van der Waals surface area (Å²) in [5.74, 6) is 1.13. The van der Waals surface area contributed by atoms with Gasteiger partial charge in [0.25, 0.3) is 5.56 Å². The molecule has 15 heavy (non-hydrogen) atoms. The molecular weight excluding hydrogens is 190 g/mol. The molecule has 0 amide bonds. The maximum absolute atomic E-state index is 11.6. The molecule has 1 rings (SSSR count). The summed E-state index contributed by atoms with van der Waals surface area (Å²) in [5.41, 5.74) is -0.00810. The van der Waals surface area contributed by atoms with Gasteiger partial charge >= 0.3 is 0 Å². The molecule has 0 aliphatic heterocycles. The number of ether oxygens (including phenoxy) is 1. The van der Waals surface area contributed by atoms with E-state index < -0.39 is 0 Å². The van der Waals surface area contributed by atoms with E-state index in [0.29, 0.717) is 18.3 Å². The van der Waals surface area contributed by atoms with Crippen molar-refractivity contribution in [2.24, 2.45) is 5.92 Å². The second kappa shape index (κ2) is 5.01. The lowest BCUT2D eigenvalue weighted by molar-refractivity contribution is 0.270. The van der Waals surface area contributed by atoms with Gasteiger partial charge in [0, 0.05) is 18.3 Å². The maximum Gasteiger partial charge on any atom is 0.254 e. The van der Waals surface area contributed by atoms with Crippen molar-refractivity contribution in [2.75, 3.05) is 6.61 Å². The first-order chi connectivity index (χ1) is 7.00. The van der Waals surface area contributed by atoms with Crippen molar-refractivity contribution in [3.8, 4) is 5.75 Å². The van der Waals surface area contributed by atoms with Crippen molar-refractivity contribution in [1.29, 1.82) is 0 Å². The first kappa shape index (κ1) is 11.8. The Morgan fingerprint density at radius 3 is 2.47 bits per heavy atom. The Labute approximate surface area is 90.7 Å². The van der Waals surface area contributed by atoms with Gasteiger partial charge in [0.2, 0.25) is 0 Å². The van der Waals surface area contributed by atoms with Gasteiger partial charge in [0.15, 0.2) is 0 Å². The lowest BCUT2D eigenvalue weighted by Gasteiger charge is -2.12. The summed E-state index contributed by atoms with van der Waals surface area (Å²) in [7, 11) is 0. The molecule has 3 heteroatoms. The maximum atomic E-state index is 11.6. The minimum atomic E-state index is -0.00810. The molecule has 3 nitrogen and oxygen atoms in total. The van der Waals surface area contributed by atoms with Crippen LogP contribution in [0.3, 0.4) is 0 Å². The average molecular weight is 209 g/mol. The molecule has 0 saturated heterocycles. The number of rotatable bonds is 4. The molecule has 1 heterocycles. The third-order valence-electron chi connectivity index (χ3n) is 2.06. The van der Waals surface area contributed by atoms with Crippen molar-refractivity contribution in [2.45, 2.75) is 33.7 Å². The number of hydrogen-bond donors (Lipinski definition) is 0. The Bertz CT molecular complexity index is 366. The van der Waals surface area contributed by atoms with Crippen LogP contribution in [0.25, 0.3) is 0 Å². The van der Waals surface area contributed by atoms with Gasteiger partial charge in [-0.05, 0) is 25.8 Å². The Morgan fingerprint density at radius 2 is 2.00 bits per heavy atom. The van der Waals surface area contributed by atoms with E-state index in [9.17, 15) is 4.79 Å². The lowest BCUT2D eigenvalue weighted by atomic mass is 10.2. The van der Waals surface area contributed by atoms with Gasteiger partial charge in [-0.3, -0.25) is 4.79 Å². The average Bonchev–Trinajstić information content (AvgIpc) is 2.14. The Morgan fingerprint density at radius 1 is 1.33 bits per heavy atom. The molecule has 0 saturated carbocycles. The van der Waals surface area contributed by atoms with Crippen LogP contribution in [0.4, 0.5) is 0 Å². The minimum absolute atomic E-state index is 0.00810. The molecule has 0 bridgehead atoms. The van der Waals surface area contributed by atoms with Crippen LogP contribution in [0.2, 0.25) is 0 Å². The van der Waals surface area contributed by atoms with E-state index in [-0.39, 0.29) is 11.6 Å². The summed E-state index contributed by atoms with van der Waals surface area (Å²) in [6, 6.07) is 3.57. The molecule has 0 fully saturated rings. The van der Waals surface area contributed by atoms with Gasteiger partial charge in [0.1, 0.15) is 5.75 Å². The van der Waals surface area contributed by atoms with Gasteiger partial charge in [-0.2, -0.15) is 0 Å². The zero-order valence-electron chi connectivity index (χ0n) is 9.86. The molecule has 1 aromatic rings. The Hall–Kier alpha value is -1.25. The first-order valence-corrected chi connectivity index (χ1v) is 5.35. The third kappa shape index (κ3) is 3.42. The van der Waals surface area contributed by atoms with Gasteiger partial charge in [-0.25, -0.2) is 0 Å². The van der Waals surface area contributed by atoms with Gasteiger partial charge < -0.3 is 9.30 Å². The molecule has 0 unspecified atom stereocenters. The summed E-state index contributed by atoms with van der Waals surface area (Å²) < 4.78 is 7.15. The summed E-state index contributed by atoms with van der Waals surface area (Å²) in [4.78, 5) is 11.6. The highest BCUT2D eigenvalue weighted by Crippen LogP contribution is 2.09. The predicted octanol–water partition coefficient (Wildman–Crippen LogP) is 2.46. The fraction of sp³-hybridized carbons (Fsp3) is 0.583. The Balaban J connectivity index is 2.78. The van der Waals surface area contributed by atoms with E-state index in [1.54, 1.807) is 16.8 Å². The van der Waals surface area contributed by atoms with E-state index in [1.165, 1.54) is 0 Å². The molecule has 0 N–H and O–H groups in total. The van der Waals surface area contributed by atoms with Crippen LogP contribution >= 0.6 is 0 Å². The topological polar surface area (TPSA) is 31.2 Å². The summed E-state index contributed by atoms with van der Waals surface area (Å²) in [6.45, 7) is 8.77. The predicted molar refractivity (Wildman–Crippen MR) is 61.4 cm³/mol. The fourth-order valence-electron chi connectivity index (χ4n) is 1.25. The summed E-state index contributed by atoms with van der Waals surface area (Å²) in [6.07, 6.45) is 1.78. The van der Waals surface area contributed by atoms with Crippen molar-refractivity contribution in [3.63, 3.8) is 0 Å². The standard InChI is InChI=1S/C12H19NO2/c1-9(2)8-15-11-5-6-13(10(3)4)12(14)7-11/h5-7,9-10H,8H2,1-4H3. The van der Waals surface area contributed by atoms with Crippen LogP contribution < -0.4 is 10.3 Å². The van der Waals surface area contributed by atoms with Crippen LogP contribution in [0.1, 0.15) is 33.7 Å². The van der Waals surface area contributed by atoms with Gasteiger partial charge in [-0.15, -0.1) is 0 Å². The van der Waals surface area contributed by atoms with Crippen molar-refractivity contribution in [1.82, 2.24) is 4.57 Å². The summed E-state index contributed by atoms with van der Waals surface area (Å²) >= 11 is 0. The largest absolute Gasteiger partial charge is 0.493 e. The fourth-order valence-corrected chi connectivity index (χ4v) is 1.25. The molecule has 0 spiro atoms. The quantitative estimate of drug-likeness (QED) is 0.762. The smallest absolute Gasteiger partial charge is 0.254 e. The molecule has 0 aliphatic carbocycles. The van der Waals surface area contributed by atoms with E-state index in [4.69, 9.17) is 4.74 Å². The highest BCUT2D eigenvalue weighted by atomic mass is 16.5. The van der Waals surface area contributed by atoms with Crippen LogP contribution in [0, 0.1) is 5.92 Å². The highest BCUT2D eigenvalue weighted by molar-refractivity contribution is 5.18. The van der Waals surface area contributed by atoms with E-state index in [0.717, 1.165) is 0 Å². The van der Waals surface area contributed by atoms with Crippen molar-refractivity contribution < 1.29 is 4.74 Å². The van der Waals surface area contributed by atoms with E-state index in [1.807, 2.05) is 19.9 Å². The minimum Gasteiger partial charge on any atom is -0.493 e. The van der Waals surface area contributed by atoms with E-state index >= 15 is 0 Å². The molecule has 84 valence electrons. The van der Waals surface area contributed by atoms with Crippen LogP contribution in [0.5, 0.6) is 5.75 Å². The third-order valence-corrected chi connectivity index (χ3v) is 2.06. The van der Waals surface area contributed by atoms with E-state index in [2.05, 4.69) is 13.8 Å². The number of nitrogens with zero attached hydrogens (tertiary/aromatic N) is 1. The normalized spacial score (nSPS) is 11.1. The number of pyridine rings is 1. The SMILES string of the molecule is CC(C)COc1ccn(C(C)C)c(=O)c1. The lowest BCUT2D eigenvalue weighted by Crippen LogP contribution is -2.20. The van der Waals surface area contributed by atoms with Crippen molar-refractivity contribution in [3.05, 3.63) is 28.7 Å². The molecule has 0 aliphatic rings. The van der Waals surface area contributed by atoms with Gasteiger partial charge in [0.05, 0.1) is 6.61 Å². The monoisotopic (exact) mass is 209 g/mol. The number of aromatic nitrogens is 1. The van der Waals surface area contributed by atoms with Crippen molar-refractivity contribution >= 4 is 0 Å². The second-order valence-electron chi connectivity index (χ2n) is 4.41. The zero-order chi connectivity index (χ0) is 11.4. The van der Waals surface area contributed by atoms with Crippen LogP contribution in [0.15, 0.2) is 23.1 Å². The Kier molecular flexibility index (Phi) is 3.95. The van der Waals surface area contributed by atoms with Crippen LogP contribution in [-0.2, 0) is 0 Å². The number of hydrogen-bond acceptors (Lipinski definition) is 2. The second-order valence-corrected chi connectivity index (χ2v) is 4.41. The molecular formula is C12H19NO2. The van der Waals surface area contributed by atoms with Crippen LogP contribution in [-0.4, -0.2) is 11.2 Å². The highest BCUT2D eigenvalue weighted by Gasteiger charge is 2.03. The van der Waals surface area contributed by atoms with Gasteiger partial charge in [-0.1, -0.05) is 13.8 Å². The molecule has 0 radical (unpaired) electrons. The molecule has 0 aromatic carbocycles. The summed E-state index contributed by atoms with van der Waals surface area (Å²) in [5, 5.41) is 0. The molecule has 1 aromatic heterocycles. The molecule has 0 atom stereocenters. The zero-order valence-corrected chi connectivity index (χ0v) is 9.86. The first-order valence-electron chi connectivity index (χ1n) is 5.35.